The Balaban J connectivity index is 1.76. The summed E-state index contributed by atoms with van der Waals surface area (Å²) in [4.78, 5) is 19.7. The van der Waals surface area contributed by atoms with Gasteiger partial charge in [-0.05, 0) is 30.2 Å². The fraction of sp³-hybridized carbons (Fsp3) is 0.217. The predicted octanol–water partition coefficient (Wildman–Crippen LogP) is 3.90. The van der Waals surface area contributed by atoms with Crippen LogP contribution in [0, 0.1) is 0 Å². The molecule has 0 saturated carbocycles. The molecule has 0 fully saturated rings. The normalized spacial score (nSPS) is 17.4. The molecule has 0 unspecified atom stereocenters. The Bertz CT molecular complexity index is 872. The number of benzene rings is 2. The molecular formula is C23H22N2O2. The fourth-order valence-corrected chi connectivity index (χ4v) is 3.76. The predicted molar refractivity (Wildman–Crippen MR) is 106 cm³/mol. The zero-order valence-electron chi connectivity index (χ0n) is 15.3. The molecule has 0 saturated heterocycles. The highest BCUT2D eigenvalue weighted by Crippen LogP contribution is 2.36. The topological polar surface area (TPSA) is 41.9 Å². The van der Waals surface area contributed by atoms with Crippen LogP contribution in [0.25, 0.3) is 0 Å². The van der Waals surface area contributed by atoms with Gasteiger partial charge in [0.1, 0.15) is 5.54 Å². The first-order valence-electron chi connectivity index (χ1n) is 9.25. The molecule has 4 nitrogen and oxygen atoms in total. The van der Waals surface area contributed by atoms with E-state index in [1.807, 2.05) is 66.6 Å². The zero-order valence-corrected chi connectivity index (χ0v) is 15.3. The summed E-state index contributed by atoms with van der Waals surface area (Å²) >= 11 is 0. The molecule has 0 bridgehead atoms. The van der Waals surface area contributed by atoms with E-state index in [-0.39, 0.29) is 5.91 Å². The second-order valence-electron chi connectivity index (χ2n) is 6.77. The Morgan fingerprint density at radius 2 is 1.56 bits per heavy atom. The van der Waals surface area contributed by atoms with E-state index < -0.39 is 5.54 Å². The first kappa shape index (κ1) is 17.3. The van der Waals surface area contributed by atoms with Crippen LogP contribution in [0.2, 0.25) is 0 Å². The molecule has 0 aliphatic carbocycles. The lowest BCUT2D eigenvalue weighted by molar-refractivity contribution is -0.124. The monoisotopic (exact) mass is 358 g/mol. The molecule has 0 N–H and O–H groups in total. The van der Waals surface area contributed by atoms with Crippen LogP contribution in [0.3, 0.4) is 0 Å². The number of rotatable bonds is 6. The minimum Gasteiger partial charge on any atom is -0.490 e. The molecule has 4 heteroatoms. The highest BCUT2D eigenvalue weighted by atomic mass is 16.5. The third-order valence-corrected chi connectivity index (χ3v) is 4.98. The van der Waals surface area contributed by atoms with Gasteiger partial charge in [0.2, 0.25) is 0 Å². The van der Waals surface area contributed by atoms with Gasteiger partial charge in [-0.15, -0.1) is 0 Å². The summed E-state index contributed by atoms with van der Waals surface area (Å²) < 4.78 is 5.72. The Labute approximate surface area is 159 Å². The molecule has 4 rings (SSSR count). The van der Waals surface area contributed by atoms with Crippen molar-refractivity contribution in [3.63, 3.8) is 0 Å². The summed E-state index contributed by atoms with van der Waals surface area (Å²) in [6, 6.07) is 20.2. The van der Waals surface area contributed by atoms with Gasteiger partial charge in [-0.1, -0.05) is 60.7 Å². The average molecular weight is 358 g/mol. The Morgan fingerprint density at radius 3 is 2.11 bits per heavy atom. The van der Waals surface area contributed by atoms with E-state index in [1.165, 1.54) is 0 Å². The molecule has 0 radical (unpaired) electrons. The smallest absolute Gasteiger partial charge is 0.274 e. The second kappa shape index (κ2) is 7.23. The SMILES string of the molecule is CCOC1=CC=CN2C1=NC(=O)C2(Cc1ccccc1)Cc1ccccc1. The van der Waals surface area contributed by atoms with Crippen molar-refractivity contribution in [1.82, 2.24) is 4.90 Å². The van der Waals surface area contributed by atoms with E-state index in [0.29, 0.717) is 31.0 Å². The Hall–Kier alpha value is -3.14. The maximum absolute atomic E-state index is 13.3. The maximum Gasteiger partial charge on any atom is 0.274 e. The minimum absolute atomic E-state index is 0.123. The van der Waals surface area contributed by atoms with E-state index in [1.54, 1.807) is 0 Å². The van der Waals surface area contributed by atoms with Crippen LogP contribution in [0.5, 0.6) is 0 Å². The van der Waals surface area contributed by atoms with Crippen LogP contribution >= 0.6 is 0 Å². The highest BCUT2D eigenvalue weighted by molar-refractivity contribution is 6.14. The van der Waals surface area contributed by atoms with Gasteiger partial charge in [0.15, 0.2) is 11.6 Å². The summed E-state index contributed by atoms with van der Waals surface area (Å²) in [5, 5.41) is 0. The number of ether oxygens (including phenoxy) is 1. The minimum atomic E-state index is -0.787. The quantitative estimate of drug-likeness (QED) is 0.786. The number of fused-ring (bicyclic) bond motifs is 1. The second-order valence-corrected chi connectivity index (χ2v) is 6.77. The molecule has 2 aliphatic heterocycles. The molecule has 2 heterocycles. The maximum atomic E-state index is 13.3. The largest absolute Gasteiger partial charge is 0.490 e. The van der Waals surface area contributed by atoms with E-state index in [4.69, 9.17) is 4.74 Å². The number of hydrogen-bond donors (Lipinski definition) is 0. The number of aliphatic imine (C=N–C) groups is 1. The van der Waals surface area contributed by atoms with Crippen molar-refractivity contribution in [2.45, 2.75) is 25.3 Å². The van der Waals surface area contributed by atoms with Gasteiger partial charge in [0.25, 0.3) is 5.91 Å². The van der Waals surface area contributed by atoms with E-state index in [9.17, 15) is 4.79 Å². The zero-order chi connectivity index (χ0) is 18.7. The average Bonchev–Trinajstić information content (AvgIpc) is 2.96. The summed E-state index contributed by atoms with van der Waals surface area (Å²) in [5.74, 6) is 1.13. The summed E-state index contributed by atoms with van der Waals surface area (Å²) in [6.45, 7) is 2.47. The van der Waals surface area contributed by atoms with Gasteiger partial charge < -0.3 is 9.64 Å². The van der Waals surface area contributed by atoms with Gasteiger partial charge in [0.05, 0.1) is 6.61 Å². The molecule has 0 atom stereocenters. The van der Waals surface area contributed by atoms with Crippen LogP contribution < -0.4 is 0 Å². The molecule has 2 aromatic rings. The van der Waals surface area contributed by atoms with Crippen LogP contribution in [-0.2, 0) is 22.4 Å². The third kappa shape index (κ3) is 3.19. The summed E-state index contributed by atoms with van der Waals surface area (Å²) in [5.41, 5.74) is 1.43. The van der Waals surface area contributed by atoms with Gasteiger partial charge >= 0.3 is 0 Å². The van der Waals surface area contributed by atoms with E-state index in [0.717, 1.165) is 11.1 Å². The van der Waals surface area contributed by atoms with E-state index in [2.05, 4.69) is 29.3 Å². The number of amides is 1. The standard InChI is InChI=1S/C23H22N2O2/c1-2-27-20-14-9-15-25-21(20)24-22(26)23(25,16-18-10-5-3-6-11-18)17-19-12-7-4-8-13-19/h3-15H,2,16-17H2,1H3. The Morgan fingerprint density at radius 1 is 0.963 bits per heavy atom. The van der Waals surface area contributed by atoms with Gasteiger partial charge in [-0.3, -0.25) is 4.79 Å². The van der Waals surface area contributed by atoms with Crippen molar-refractivity contribution in [3.05, 3.63) is 95.9 Å². The van der Waals surface area contributed by atoms with Crippen LogP contribution in [0.4, 0.5) is 0 Å². The van der Waals surface area contributed by atoms with Crippen LogP contribution in [0.1, 0.15) is 18.1 Å². The van der Waals surface area contributed by atoms with Crippen molar-refractivity contribution < 1.29 is 9.53 Å². The molecule has 27 heavy (non-hydrogen) atoms. The molecule has 2 aromatic carbocycles. The van der Waals surface area contributed by atoms with Crippen molar-refractivity contribution in [3.8, 4) is 0 Å². The first-order valence-corrected chi connectivity index (χ1v) is 9.25. The summed E-state index contributed by atoms with van der Waals surface area (Å²) in [6.07, 6.45) is 6.90. The number of carbonyl (C=O) groups is 1. The molecule has 2 aliphatic rings. The van der Waals surface area contributed by atoms with E-state index >= 15 is 0 Å². The summed E-state index contributed by atoms with van der Waals surface area (Å²) in [7, 11) is 0. The van der Waals surface area contributed by atoms with Crippen molar-refractivity contribution in [2.24, 2.45) is 4.99 Å². The number of amidine groups is 1. The lowest BCUT2D eigenvalue weighted by Gasteiger charge is -2.38. The van der Waals surface area contributed by atoms with Gasteiger partial charge in [-0.25, -0.2) is 0 Å². The molecule has 136 valence electrons. The fourth-order valence-electron chi connectivity index (χ4n) is 3.76. The number of carbonyl (C=O) groups excluding carboxylic acids is 1. The third-order valence-electron chi connectivity index (χ3n) is 4.98. The molecule has 0 aromatic heterocycles. The number of allylic oxidation sites excluding steroid dienone is 2. The van der Waals surface area contributed by atoms with Crippen LogP contribution in [-0.4, -0.2) is 28.8 Å². The van der Waals surface area contributed by atoms with Gasteiger partial charge in [0, 0.05) is 19.0 Å². The number of nitrogens with zero attached hydrogens (tertiary/aromatic N) is 2. The first-order chi connectivity index (χ1) is 13.2. The molecule has 0 spiro atoms. The van der Waals surface area contributed by atoms with Crippen molar-refractivity contribution in [2.75, 3.05) is 6.61 Å². The Kier molecular flexibility index (Phi) is 4.63. The van der Waals surface area contributed by atoms with Crippen molar-refractivity contribution in [1.29, 1.82) is 0 Å². The molecular weight excluding hydrogens is 336 g/mol. The lowest BCUT2D eigenvalue weighted by atomic mass is 9.83. The molecule has 1 amide bonds. The lowest BCUT2D eigenvalue weighted by Crippen LogP contribution is -2.53. The highest BCUT2D eigenvalue weighted by Gasteiger charge is 2.51. The van der Waals surface area contributed by atoms with Crippen molar-refractivity contribution >= 4 is 11.7 Å². The van der Waals surface area contributed by atoms with Gasteiger partial charge in [-0.2, -0.15) is 4.99 Å². The number of hydrogen-bond acceptors (Lipinski definition) is 3. The van der Waals surface area contributed by atoms with Crippen LogP contribution in [0.15, 0.2) is 89.8 Å².